The van der Waals surface area contributed by atoms with E-state index >= 15 is 0 Å². The summed E-state index contributed by atoms with van der Waals surface area (Å²) in [5, 5.41) is 2.79. The zero-order chi connectivity index (χ0) is 21.2. The molecule has 1 N–H and O–H groups in total. The SMILES string of the molecule is COc1ccc(S(=O)(=O)N2CCCC2)cc1NC(=O)c1ccc(C(C)(C)C)cc1. The Morgan fingerprint density at radius 2 is 1.66 bits per heavy atom. The van der Waals surface area contributed by atoms with E-state index in [0.29, 0.717) is 30.1 Å². The average molecular weight is 417 g/mol. The third-order valence-electron chi connectivity index (χ3n) is 5.14. The summed E-state index contributed by atoms with van der Waals surface area (Å²) in [6, 6.07) is 12.0. The number of anilines is 1. The zero-order valence-corrected chi connectivity index (χ0v) is 18.2. The van der Waals surface area contributed by atoms with Crippen LogP contribution in [0.3, 0.4) is 0 Å². The zero-order valence-electron chi connectivity index (χ0n) is 17.4. The normalized spacial score (nSPS) is 15.3. The Hall–Kier alpha value is -2.38. The number of carbonyl (C=O) groups excluding carboxylic acids is 1. The highest BCUT2D eigenvalue weighted by atomic mass is 32.2. The van der Waals surface area contributed by atoms with E-state index in [2.05, 4.69) is 26.1 Å². The maximum Gasteiger partial charge on any atom is 0.255 e. The van der Waals surface area contributed by atoms with E-state index < -0.39 is 10.0 Å². The topological polar surface area (TPSA) is 75.7 Å². The van der Waals surface area contributed by atoms with Gasteiger partial charge in [-0.2, -0.15) is 4.31 Å². The highest BCUT2D eigenvalue weighted by Gasteiger charge is 2.28. The molecule has 1 saturated heterocycles. The van der Waals surface area contributed by atoms with Crippen molar-refractivity contribution < 1.29 is 17.9 Å². The summed E-state index contributed by atoms with van der Waals surface area (Å²) in [4.78, 5) is 12.9. The van der Waals surface area contributed by atoms with E-state index in [9.17, 15) is 13.2 Å². The van der Waals surface area contributed by atoms with Gasteiger partial charge in [-0.15, -0.1) is 0 Å². The van der Waals surface area contributed by atoms with Crippen molar-refractivity contribution in [1.82, 2.24) is 4.31 Å². The van der Waals surface area contributed by atoms with E-state index in [1.807, 2.05) is 12.1 Å². The average Bonchev–Trinajstić information content (AvgIpc) is 3.23. The molecule has 0 unspecified atom stereocenters. The van der Waals surface area contributed by atoms with E-state index in [-0.39, 0.29) is 16.2 Å². The highest BCUT2D eigenvalue weighted by molar-refractivity contribution is 7.89. The van der Waals surface area contributed by atoms with Gasteiger partial charge >= 0.3 is 0 Å². The molecule has 2 aromatic carbocycles. The van der Waals surface area contributed by atoms with Crippen molar-refractivity contribution in [2.45, 2.75) is 43.9 Å². The Labute approximate surface area is 172 Å². The maximum atomic E-state index is 12.8. The number of nitrogens with one attached hydrogen (secondary N) is 1. The van der Waals surface area contributed by atoms with Gasteiger partial charge in [0, 0.05) is 18.7 Å². The molecule has 0 atom stereocenters. The minimum atomic E-state index is -3.58. The number of carbonyl (C=O) groups is 1. The van der Waals surface area contributed by atoms with E-state index in [1.54, 1.807) is 18.2 Å². The monoisotopic (exact) mass is 416 g/mol. The number of amides is 1. The van der Waals surface area contributed by atoms with Crippen LogP contribution in [0, 0.1) is 0 Å². The minimum absolute atomic E-state index is 0.00348. The van der Waals surface area contributed by atoms with Crippen LogP contribution in [-0.2, 0) is 15.4 Å². The molecule has 156 valence electrons. The van der Waals surface area contributed by atoms with Crippen molar-refractivity contribution in [2.75, 3.05) is 25.5 Å². The predicted octanol–water partition coefficient (Wildman–Crippen LogP) is 4.03. The van der Waals surface area contributed by atoms with Crippen molar-refractivity contribution in [3.8, 4) is 5.75 Å². The Morgan fingerprint density at radius 3 is 2.21 bits per heavy atom. The van der Waals surface area contributed by atoms with Crippen LogP contribution in [-0.4, -0.2) is 38.8 Å². The number of benzene rings is 2. The molecule has 7 heteroatoms. The molecule has 0 aromatic heterocycles. The second-order valence-corrected chi connectivity index (χ2v) is 10.2. The number of ether oxygens (including phenoxy) is 1. The predicted molar refractivity (Wildman–Crippen MR) is 114 cm³/mol. The van der Waals surface area contributed by atoms with Gasteiger partial charge in [-0.3, -0.25) is 4.79 Å². The Balaban J connectivity index is 1.87. The van der Waals surface area contributed by atoms with Gasteiger partial charge in [-0.05, 0) is 54.2 Å². The molecule has 1 fully saturated rings. The molecule has 29 heavy (non-hydrogen) atoms. The van der Waals surface area contributed by atoms with Gasteiger partial charge in [-0.25, -0.2) is 8.42 Å². The van der Waals surface area contributed by atoms with Gasteiger partial charge in [0.2, 0.25) is 10.0 Å². The lowest BCUT2D eigenvalue weighted by Crippen LogP contribution is -2.28. The smallest absolute Gasteiger partial charge is 0.255 e. The summed E-state index contributed by atoms with van der Waals surface area (Å²) in [5.74, 6) is 0.0875. The van der Waals surface area contributed by atoms with E-state index in [4.69, 9.17) is 4.74 Å². The summed E-state index contributed by atoms with van der Waals surface area (Å²) in [6.45, 7) is 7.38. The highest BCUT2D eigenvalue weighted by Crippen LogP contribution is 2.30. The van der Waals surface area contributed by atoms with Crippen molar-refractivity contribution in [3.63, 3.8) is 0 Å². The van der Waals surface area contributed by atoms with Gasteiger partial charge in [0.25, 0.3) is 5.91 Å². The molecule has 1 aliphatic rings. The molecule has 1 aliphatic heterocycles. The first-order chi connectivity index (χ1) is 13.6. The minimum Gasteiger partial charge on any atom is -0.495 e. The summed E-state index contributed by atoms with van der Waals surface area (Å²) in [6.07, 6.45) is 1.73. The Morgan fingerprint density at radius 1 is 1.03 bits per heavy atom. The number of sulfonamides is 1. The van der Waals surface area contributed by atoms with Crippen LogP contribution in [0.15, 0.2) is 47.4 Å². The Kier molecular flexibility index (Phi) is 6.00. The van der Waals surface area contributed by atoms with Crippen LogP contribution in [0.5, 0.6) is 5.75 Å². The van der Waals surface area contributed by atoms with Gasteiger partial charge in [0.05, 0.1) is 17.7 Å². The van der Waals surface area contributed by atoms with Crippen LogP contribution in [0.2, 0.25) is 0 Å². The molecule has 0 spiro atoms. The summed E-state index contributed by atoms with van der Waals surface area (Å²) in [5.41, 5.74) is 1.95. The number of hydrogen-bond acceptors (Lipinski definition) is 4. The first-order valence-corrected chi connectivity index (χ1v) is 11.2. The molecule has 2 aromatic rings. The summed E-state index contributed by atoms with van der Waals surface area (Å²) in [7, 11) is -2.10. The van der Waals surface area contributed by atoms with Crippen LogP contribution < -0.4 is 10.1 Å². The molecule has 0 saturated carbocycles. The molecule has 3 rings (SSSR count). The lowest BCUT2D eigenvalue weighted by atomic mass is 9.87. The first-order valence-electron chi connectivity index (χ1n) is 9.73. The first kappa shape index (κ1) is 21.3. The van der Waals surface area contributed by atoms with Gasteiger partial charge in [0.15, 0.2) is 0 Å². The second-order valence-electron chi connectivity index (χ2n) is 8.25. The third kappa shape index (κ3) is 4.62. The van der Waals surface area contributed by atoms with Crippen LogP contribution in [0.4, 0.5) is 5.69 Å². The fraction of sp³-hybridized carbons (Fsp3) is 0.409. The van der Waals surface area contributed by atoms with Crippen molar-refractivity contribution in [2.24, 2.45) is 0 Å². The number of rotatable bonds is 5. The van der Waals surface area contributed by atoms with Gasteiger partial charge in [0.1, 0.15) is 5.75 Å². The van der Waals surface area contributed by atoms with E-state index in [1.165, 1.54) is 23.5 Å². The molecule has 1 heterocycles. The van der Waals surface area contributed by atoms with Crippen molar-refractivity contribution in [3.05, 3.63) is 53.6 Å². The number of hydrogen-bond donors (Lipinski definition) is 1. The molecular weight excluding hydrogens is 388 g/mol. The quantitative estimate of drug-likeness (QED) is 0.798. The lowest BCUT2D eigenvalue weighted by molar-refractivity contribution is 0.102. The molecular formula is C22H28N2O4S. The second kappa shape index (κ2) is 8.16. The molecule has 0 aliphatic carbocycles. The fourth-order valence-corrected chi connectivity index (χ4v) is 4.88. The summed E-state index contributed by atoms with van der Waals surface area (Å²) >= 11 is 0. The van der Waals surface area contributed by atoms with Crippen molar-refractivity contribution in [1.29, 1.82) is 0 Å². The molecule has 0 radical (unpaired) electrons. The Bertz CT molecular complexity index is 986. The number of nitrogens with zero attached hydrogens (tertiary/aromatic N) is 1. The van der Waals surface area contributed by atoms with Gasteiger partial charge in [-0.1, -0.05) is 32.9 Å². The molecule has 0 bridgehead atoms. The molecule has 1 amide bonds. The number of methoxy groups -OCH3 is 1. The van der Waals surface area contributed by atoms with Gasteiger partial charge < -0.3 is 10.1 Å². The standard InChI is InChI=1S/C22H28N2O4S/c1-22(2,3)17-9-7-16(8-10-17)21(25)23-19-15-18(11-12-20(19)28-4)29(26,27)24-13-5-6-14-24/h7-12,15H,5-6,13-14H2,1-4H3,(H,23,25). The lowest BCUT2D eigenvalue weighted by Gasteiger charge is -2.19. The fourth-order valence-electron chi connectivity index (χ4n) is 3.34. The van der Waals surface area contributed by atoms with Crippen LogP contribution in [0.25, 0.3) is 0 Å². The van der Waals surface area contributed by atoms with Crippen molar-refractivity contribution >= 4 is 21.6 Å². The van der Waals surface area contributed by atoms with Crippen LogP contribution in [0.1, 0.15) is 49.5 Å². The van der Waals surface area contributed by atoms with E-state index in [0.717, 1.165) is 18.4 Å². The van der Waals surface area contributed by atoms with Crippen LogP contribution >= 0.6 is 0 Å². The largest absolute Gasteiger partial charge is 0.495 e. The summed E-state index contributed by atoms with van der Waals surface area (Å²) < 4.78 is 32.5. The molecule has 6 nitrogen and oxygen atoms in total. The maximum absolute atomic E-state index is 12.8. The third-order valence-corrected chi connectivity index (χ3v) is 7.03.